The lowest BCUT2D eigenvalue weighted by Crippen LogP contribution is -2.40. The number of fused-ring (bicyclic) bond motifs is 2. The predicted octanol–water partition coefficient (Wildman–Crippen LogP) is 4.45. The minimum Gasteiger partial charge on any atom is -0.488 e. The van der Waals surface area contributed by atoms with E-state index in [1.807, 2.05) is 88.4 Å². The van der Waals surface area contributed by atoms with Gasteiger partial charge >= 0.3 is 0 Å². The van der Waals surface area contributed by atoms with Gasteiger partial charge in [-0.3, -0.25) is 9.59 Å². The molecule has 0 bridgehead atoms. The number of rotatable bonds is 5. The summed E-state index contributed by atoms with van der Waals surface area (Å²) in [6.45, 7) is 2.19. The van der Waals surface area contributed by atoms with Crippen molar-refractivity contribution in [3.05, 3.63) is 107 Å². The van der Waals surface area contributed by atoms with Crippen LogP contribution in [-0.2, 0) is 11.3 Å². The summed E-state index contributed by atoms with van der Waals surface area (Å²) in [6, 6.07) is 19.6. The van der Waals surface area contributed by atoms with Crippen molar-refractivity contribution in [1.29, 1.82) is 0 Å². The fourth-order valence-corrected chi connectivity index (χ4v) is 5.11. The van der Waals surface area contributed by atoms with Crippen LogP contribution in [0.1, 0.15) is 45.8 Å². The molecule has 0 saturated carbocycles. The van der Waals surface area contributed by atoms with Gasteiger partial charge in [-0.15, -0.1) is 0 Å². The number of hydrogen-bond donors (Lipinski definition) is 1. The lowest BCUT2D eigenvalue weighted by molar-refractivity contribution is -0.128. The number of aromatic nitrogens is 2. The number of ether oxygens (including phenoxy) is 1. The van der Waals surface area contributed by atoms with Crippen molar-refractivity contribution in [2.45, 2.75) is 25.3 Å². The fraction of sp³-hybridized carbons (Fsp3) is 0.233. The first kappa shape index (κ1) is 23.0. The van der Waals surface area contributed by atoms with Gasteiger partial charge in [-0.2, -0.15) is 0 Å². The molecule has 37 heavy (non-hydrogen) atoms. The molecule has 2 amide bonds. The normalized spacial score (nSPS) is 15.6. The van der Waals surface area contributed by atoms with E-state index in [9.17, 15) is 9.59 Å². The van der Waals surface area contributed by atoms with Crippen molar-refractivity contribution in [3.63, 3.8) is 0 Å². The third-order valence-electron chi connectivity index (χ3n) is 7.25. The highest BCUT2D eigenvalue weighted by Crippen LogP contribution is 2.31. The van der Waals surface area contributed by atoms with Crippen LogP contribution >= 0.6 is 0 Å². The number of piperidine rings is 1. The smallest absolute Gasteiger partial charge is 0.253 e. The van der Waals surface area contributed by atoms with Gasteiger partial charge < -0.3 is 19.4 Å². The van der Waals surface area contributed by atoms with Crippen molar-refractivity contribution < 1.29 is 14.3 Å². The average Bonchev–Trinajstić information content (AvgIpc) is 3.43. The highest BCUT2D eigenvalue weighted by molar-refractivity contribution is 5.99. The summed E-state index contributed by atoms with van der Waals surface area (Å²) in [5.41, 5.74) is 5.38. The summed E-state index contributed by atoms with van der Waals surface area (Å²) < 4.78 is 7.71. The first-order valence-corrected chi connectivity index (χ1v) is 12.7. The first-order chi connectivity index (χ1) is 18.1. The summed E-state index contributed by atoms with van der Waals surface area (Å²) in [7, 11) is 0. The van der Waals surface area contributed by atoms with Crippen molar-refractivity contribution >= 4 is 23.5 Å². The van der Waals surface area contributed by atoms with E-state index in [0.717, 1.165) is 35.4 Å². The number of nitrogens with one attached hydrogen (secondary N) is 1. The van der Waals surface area contributed by atoms with Crippen LogP contribution in [0.2, 0.25) is 0 Å². The molecule has 4 aromatic rings. The van der Waals surface area contributed by atoms with Crippen molar-refractivity contribution in [2.75, 3.05) is 19.7 Å². The van der Waals surface area contributed by atoms with Crippen molar-refractivity contribution in [2.24, 2.45) is 0 Å². The van der Waals surface area contributed by atoms with E-state index in [4.69, 9.17) is 4.74 Å². The van der Waals surface area contributed by atoms with E-state index >= 15 is 0 Å². The van der Waals surface area contributed by atoms with E-state index < -0.39 is 0 Å². The number of pyridine rings is 1. The Kier molecular flexibility index (Phi) is 6.18. The highest BCUT2D eigenvalue weighted by Gasteiger charge is 2.27. The van der Waals surface area contributed by atoms with Crippen LogP contribution in [0.5, 0.6) is 5.75 Å². The Balaban J connectivity index is 1.02. The number of imidazole rings is 1. The van der Waals surface area contributed by atoms with Gasteiger partial charge in [0.05, 0.1) is 5.57 Å². The Labute approximate surface area is 215 Å². The predicted molar refractivity (Wildman–Crippen MR) is 141 cm³/mol. The van der Waals surface area contributed by atoms with Gasteiger partial charge in [0.25, 0.3) is 11.8 Å². The van der Waals surface area contributed by atoms with E-state index in [0.29, 0.717) is 43.3 Å². The maximum Gasteiger partial charge on any atom is 0.253 e. The van der Waals surface area contributed by atoms with Crippen LogP contribution in [0.4, 0.5) is 0 Å². The van der Waals surface area contributed by atoms with Gasteiger partial charge in [-0.25, -0.2) is 4.98 Å². The largest absolute Gasteiger partial charge is 0.488 e. The molecule has 6 rings (SSSR count). The van der Waals surface area contributed by atoms with Crippen LogP contribution in [-0.4, -0.2) is 45.8 Å². The molecule has 4 heterocycles. The number of carbonyl (C=O) groups excluding carboxylic acids is 2. The molecule has 2 aliphatic rings. The van der Waals surface area contributed by atoms with Crippen LogP contribution in [0.15, 0.2) is 84.8 Å². The molecule has 0 atom stereocenters. The van der Waals surface area contributed by atoms with Crippen molar-refractivity contribution in [1.82, 2.24) is 19.6 Å². The molecule has 0 aliphatic carbocycles. The Morgan fingerprint density at radius 3 is 2.65 bits per heavy atom. The lowest BCUT2D eigenvalue weighted by atomic mass is 9.88. The number of nitrogens with zero attached hydrogens (tertiary/aromatic N) is 3. The number of para-hydroxylation sites is 1. The van der Waals surface area contributed by atoms with Crippen LogP contribution in [0, 0.1) is 0 Å². The number of amides is 2. The second-order valence-electron chi connectivity index (χ2n) is 9.59. The van der Waals surface area contributed by atoms with Gasteiger partial charge in [0.2, 0.25) is 0 Å². The van der Waals surface area contributed by atoms with Gasteiger partial charge in [0.1, 0.15) is 18.0 Å². The molecule has 0 unspecified atom stereocenters. The second kappa shape index (κ2) is 9.93. The summed E-state index contributed by atoms with van der Waals surface area (Å²) in [4.78, 5) is 32.0. The summed E-state index contributed by atoms with van der Waals surface area (Å²) in [5, 5.41) is 2.99. The molecule has 7 heteroatoms. The average molecular weight is 493 g/mol. The van der Waals surface area contributed by atoms with Gasteiger partial charge in [-0.1, -0.05) is 30.3 Å². The number of hydrogen-bond acceptors (Lipinski definition) is 4. The maximum absolute atomic E-state index is 13.1. The molecule has 7 nitrogen and oxygen atoms in total. The molecule has 1 fully saturated rings. The monoisotopic (exact) mass is 492 g/mol. The van der Waals surface area contributed by atoms with Crippen LogP contribution < -0.4 is 10.1 Å². The quantitative estimate of drug-likeness (QED) is 0.447. The molecule has 0 radical (unpaired) electrons. The molecular weight excluding hydrogens is 464 g/mol. The van der Waals surface area contributed by atoms with E-state index in [1.54, 1.807) is 6.20 Å². The first-order valence-electron chi connectivity index (χ1n) is 12.7. The SMILES string of the molecule is O=C(NCc1ccn2ccnc2c1)c1ccc(C2CCN(C(=O)C3=Cc4ccccc4OC3)CC2)cc1. The minimum absolute atomic E-state index is 0.0619. The van der Waals surface area contributed by atoms with Crippen molar-refractivity contribution in [3.8, 4) is 5.75 Å². The van der Waals surface area contributed by atoms with Gasteiger partial charge in [0.15, 0.2) is 0 Å². The molecular formula is C30H28N4O3. The Bertz CT molecular complexity index is 1480. The summed E-state index contributed by atoms with van der Waals surface area (Å²) in [6.07, 6.45) is 9.34. The Morgan fingerprint density at radius 1 is 1.00 bits per heavy atom. The summed E-state index contributed by atoms with van der Waals surface area (Å²) >= 11 is 0. The molecule has 186 valence electrons. The van der Waals surface area contributed by atoms with Crippen LogP contribution in [0.3, 0.4) is 0 Å². The molecule has 2 aromatic carbocycles. The Morgan fingerprint density at radius 2 is 1.81 bits per heavy atom. The number of carbonyl (C=O) groups is 2. The van der Waals surface area contributed by atoms with Gasteiger partial charge in [-0.05, 0) is 66.3 Å². The Hall–Kier alpha value is -4.39. The zero-order valence-electron chi connectivity index (χ0n) is 20.5. The zero-order chi connectivity index (χ0) is 25.2. The molecule has 0 spiro atoms. The minimum atomic E-state index is -0.0975. The molecule has 2 aliphatic heterocycles. The molecule has 1 N–H and O–H groups in total. The summed E-state index contributed by atoms with van der Waals surface area (Å²) in [5.74, 6) is 1.16. The molecule has 2 aromatic heterocycles. The van der Waals surface area contributed by atoms with E-state index in [-0.39, 0.29) is 11.8 Å². The standard InChI is InChI=1S/C30H28N4O3/c35-29(32-19-21-9-13-33-16-12-31-28(33)17-21)24-7-5-22(6-8-24)23-10-14-34(15-11-23)30(36)26-18-25-3-1-2-4-27(25)37-20-26/h1-9,12-13,16-18,23H,10-11,14-15,19-20H2,(H,32,35). The van der Waals surface area contributed by atoms with E-state index in [1.165, 1.54) is 5.56 Å². The fourth-order valence-electron chi connectivity index (χ4n) is 5.11. The number of likely N-dealkylation sites (tertiary alicyclic amines) is 1. The molecule has 1 saturated heterocycles. The zero-order valence-corrected chi connectivity index (χ0v) is 20.5. The topological polar surface area (TPSA) is 75.9 Å². The third-order valence-corrected chi connectivity index (χ3v) is 7.25. The third kappa shape index (κ3) is 4.85. The highest BCUT2D eigenvalue weighted by atomic mass is 16.5. The van der Waals surface area contributed by atoms with Crippen LogP contribution in [0.25, 0.3) is 11.7 Å². The second-order valence-corrected chi connectivity index (χ2v) is 9.59. The lowest BCUT2D eigenvalue weighted by Gasteiger charge is -2.33. The number of benzene rings is 2. The maximum atomic E-state index is 13.1. The van der Waals surface area contributed by atoms with E-state index in [2.05, 4.69) is 10.3 Å². The van der Waals surface area contributed by atoms with Gasteiger partial charge in [0, 0.05) is 49.4 Å².